The van der Waals surface area contributed by atoms with E-state index >= 15 is 0 Å². The Morgan fingerprint density at radius 1 is 1.08 bits per heavy atom. The van der Waals surface area contributed by atoms with Gasteiger partial charge in [0.1, 0.15) is 5.75 Å². The molecule has 2 aliphatic heterocycles. The number of hydrogen-bond donors (Lipinski definition) is 1. The molecular formula is C19H16N2O2S. The van der Waals surface area contributed by atoms with E-state index in [0.717, 1.165) is 30.2 Å². The van der Waals surface area contributed by atoms with Crippen LogP contribution in [0.1, 0.15) is 16.7 Å². The number of amidine groups is 1. The molecule has 0 aromatic heterocycles. The summed E-state index contributed by atoms with van der Waals surface area (Å²) in [6.45, 7) is 1.67. The van der Waals surface area contributed by atoms with Gasteiger partial charge in [-0.15, -0.1) is 0 Å². The molecule has 0 fully saturated rings. The molecule has 2 heterocycles. The molecule has 120 valence electrons. The summed E-state index contributed by atoms with van der Waals surface area (Å²) in [4.78, 5) is 19.2. The predicted octanol–water partition coefficient (Wildman–Crippen LogP) is 3.42. The lowest BCUT2D eigenvalue weighted by atomic mass is 10.0. The molecule has 0 saturated carbocycles. The zero-order valence-corrected chi connectivity index (χ0v) is 13.8. The molecule has 0 bridgehead atoms. The van der Waals surface area contributed by atoms with Crippen molar-refractivity contribution in [2.45, 2.75) is 13.0 Å². The number of nitrogens with zero attached hydrogens (tertiary/aromatic N) is 2. The number of phenols is 1. The molecule has 1 N–H and O–H groups in total. The average molecular weight is 336 g/mol. The normalized spacial score (nSPS) is 18.7. The Morgan fingerprint density at radius 3 is 2.62 bits per heavy atom. The second-order valence-corrected chi connectivity index (χ2v) is 6.85. The van der Waals surface area contributed by atoms with Crippen LogP contribution in [0.5, 0.6) is 5.75 Å². The quantitative estimate of drug-likeness (QED) is 0.811. The molecular weight excluding hydrogens is 320 g/mol. The lowest BCUT2D eigenvalue weighted by Crippen LogP contribution is -2.33. The Kier molecular flexibility index (Phi) is 3.86. The zero-order chi connectivity index (χ0) is 16.5. The fourth-order valence-corrected chi connectivity index (χ4v) is 3.85. The first kappa shape index (κ1) is 15.0. The Labute approximate surface area is 144 Å². The molecule has 2 aliphatic rings. The van der Waals surface area contributed by atoms with Gasteiger partial charge < -0.3 is 10.0 Å². The van der Waals surface area contributed by atoms with Gasteiger partial charge in [-0.25, -0.2) is 0 Å². The molecule has 4 rings (SSSR count). The summed E-state index contributed by atoms with van der Waals surface area (Å²) < 4.78 is 0. The van der Waals surface area contributed by atoms with Crippen molar-refractivity contribution in [3.63, 3.8) is 0 Å². The largest absolute Gasteiger partial charge is 0.508 e. The van der Waals surface area contributed by atoms with Crippen molar-refractivity contribution < 1.29 is 9.90 Å². The summed E-state index contributed by atoms with van der Waals surface area (Å²) >= 11 is 1.42. The molecule has 0 radical (unpaired) electrons. The van der Waals surface area contributed by atoms with Gasteiger partial charge in [-0.3, -0.25) is 4.79 Å². The van der Waals surface area contributed by atoms with Crippen molar-refractivity contribution in [3.8, 4) is 5.75 Å². The molecule has 2 aromatic carbocycles. The number of carbonyl (C=O) groups excluding carboxylic acids is 1. The van der Waals surface area contributed by atoms with E-state index in [2.05, 4.69) is 28.1 Å². The molecule has 24 heavy (non-hydrogen) atoms. The Bertz CT molecular complexity index is 856. The van der Waals surface area contributed by atoms with Crippen molar-refractivity contribution in [1.82, 2.24) is 4.90 Å². The lowest BCUT2D eigenvalue weighted by molar-refractivity contribution is -0.113. The van der Waals surface area contributed by atoms with E-state index < -0.39 is 0 Å². The number of aliphatic imine (C=N–C) groups is 1. The number of thioether (sulfide) groups is 1. The number of carbonyl (C=O) groups is 1. The highest BCUT2D eigenvalue weighted by Gasteiger charge is 2.28. The van der Waals surface area contributed by atoms with Crippen LogP contribution in [0.3, 0.4) is 0 Å². The van der Waals surface area contributed by atoms with Crippen LogP contribution in [0.4, 0.5) is 0 Å². The van der Waals surface area contributed by atoms with Crippen LogP contribution in [0.25, 0.3) is 6.08 Å². The first-order valence-electron chi connectivity index (χ1n) is 7.82. The molecule has 0 atom stereocenters. The average Bonchev–Trinajstić information content (AvgIpc) is 2.97. The number of benzene rings is 2. The summed E-state index contributed by atoms with van der Waals surface area (Å²) in [6.07, 6.45) is 2.79. The van der Waals surface area contributed by atoms with Crippen molar-refractivity contribution in [2.24, 2.45) is 4.99 Å². The van der Waals surface area contributed by atoms with Crippen LogP contribution in [0.15, 0.2) is 58.4 Å². The van der Waals surface area contributed by atoms with E-state index in [1.165, 1.54) is 22.9 Å². The maximum atomic E-state index is 12.2. The first-order valence-corrected chi connectivity index (χ1v) is 8.64. The summed E-state index contributed by atoms with van der Waals surface area (Å²) in [5, 5.41) is 10.1. The molecule has 0 spiro atoms. The highest BCUT2D eigenvalue weighted by atomic mass is 32.2. The third kappa shape index (κ3) is 2.95. The number of aromatic hydroxyl groups is 1. The summed E-state index contributed by atoms with van der Waals surface area (Å²) in [5.74, 6) is 0.0217. The van der Waals surface area contributed by atoms with E-state index in [0.29, 0.717) is 4.91 Å². The van der Waals surface area contributed by atoms with Crippen molar-refractivity contribution in [2.75, 3.05) is 6.54 Å². The molecule has 4 nitrogen and oxygen atoms in total. The molecule has 0 saturated heterocycles. The fourth-order valence-electron chi connectivity index (χ4n) is 2.91. The number of fused-ring (bicyclic) bond motifs is 1. The predicted molar refractivity (Wildman–Crippen MR) is 96.7 cm³/mol. The van der Waals surface area contributed by atoms with E-state index in [4.69, 9.17) is 0 Å². The van der Waals surface area contributed by atoms with Crippen LogP contribution in [-0.2, 0) is 17.8 Å². The van der Waals surface area contributed by atoms with Crippen molar-refractivity contribution >= 4 is 28.9 Å². The summed E-state index contributed by atoms with van der Waals surface area (Å²) in [6, 6.07) is 15.2. The maximum Gasteiger partial charge on any atom is 0.286 e. The molecule has 1 amide bonds. The highest BCUT2D eigenvalue weighted by molar-refractivity contribution is 8.18. The second kappa shape index (κ2) is 6.17. The molecule has 5 heteroatoms. The van der Waals surface area contributed by atoms with E-state index in [-0.39, 0.29) is 11.7 Å². The van der Waals surface area contributed by atoms with E-state index in [1.54, 1.807) is 24.3 Å². The van der Waals surface area contributed by atoms with Crippen molar-refractivity contribution in [1.29, 1.82) is 0 Å². The standard InChI is InChI=1S/C19H16N2O2S/c22-16-7-5-13(6-8-16)11-17-18(23)20-19(24-17)21-10-9-14-3-1-2-4-15(14)12-21/h1-8,11,22H,9-10,12H2/b17-11+. The van der Waals surface area contributed by atoms with E-state index in [9.17, 15) is 9.90 Å². The van der Waals surface area contributed by atoms with Crippen LogP contribution >= 0.6 is 11.8 Å². The SMILES string of the molecule is O=C1N=C(N2CCc3ccccc3C2)S/C1=C/c1ccc(O)cc1. The number of phenolic OH excluding ortho intramolecular Hbond substituents is 1. The van der Waals surface area contributed by atoms with Crippen LogP contribution < -0.4 is 0 Å². The topological polar surface area (TPSA) is 52.9 Å². The summed E-state index contributed by atoms with van der Waals surface area (Å²) in [5.41, 5.74) is 3.56. The molecule has 0 aliphatic carbocycles. The van der Waals surface area contributed by atoms with Gasteiger partial charge in [0.15, 0.2) is 5.17 Å². The smallest absolute Gasteiger partial charge is 0.286 e. The van der Waals surface area contributed by atoms with E-state index in [1.807, 2.05) is 12.1 Å². The third-order valence-corrected chi connectivity index (χ3v) is 5.25. The zero-order valence-electron chi connectivity index (χ0n) is 13.0. The fraction of sp³-hybridized carbons (Fsp3) is 0.158. The van der Waals surface area contributed by atoms with Gasteiger partial charge >= 0.3 is 0 Å². The van der Waals surface area contributed by atoms with Crippen LogP contribution in [-0.4, -0.2) is 27.6 Å². The monoisotopic (exact) mass is 336 g/mol. The Hall–Kier alpha value is -2.53. The second-order valence-electron chi connectivity index (χ2n) is 5.84. The maximum absolute atomic E-state index is 12.2. The Balaban J connectivity index is 1.52. The minimum atomic E-state index is -0.193. The minimum Gasteiger partial charge on any atom is -0.508 e. The number of hydrogen-bond acceptors (Lipinski definition) is 4. The summed E-state index contributed by atoms with van der Waals surface area (Å²) in [7, 11) is 0. The van der Waals surface area contributed by atoms with Gasteiger partial charge in [0.25, 0.3) is 5.91 Å². The van der Waals surface area contributed by atoms with Crippen LogP contribution in [0, 0.1) is 0 Å². The van der Waals surface area contributed by atoms with Gasteiger partial charge in [-0.1, -0.05) is 36.4 Å². The van der Waals surface area contributed by atoms with Gasteiger partial charge in [-0.2, -0.15) is 4.99 Å². The van der Waals surface area contributed by atoms with Gasteiger partial charge in [0, 0.05) is 13.1 Å². The van der Waals surface area contributed by atoms with Gasteiger partial charge in [0.2, 0.25) is 0 Å². The van der Waals surface area contributed by atoms with Gasteiger partial charge in [-0.05, 0) is 53.1 Å². The number of amides is 1. The van der Waals surface area contributed by atoms with Crippen molar-refractivity contribution in [3.05, 3.63) is 70.1 Å². The Morgan fingerprint density at radius 2 is 1.83 bits per heavy atom. The first-order chi connectivity index (χ1) is 11.7. The minimum absolute atomic E-state index is 0.193. The lowest BCUT2D eigenvalue weighted by Gasteiger charge is -2.29. The molecule has 2 aromatic rings. The molecule has 0 unspecified atom stereocenters. The highest BCUT2D eigenvalue weighted by Crippen LogP contribution is 2.32. The third-order valence-electron chi connectivity index (χ3n) is 4.20. The van der Waals surface area contributed by atoms with Gasteiger partial charge in [0.05, 0.1) is 4.91 Å². The number of rotatable bonds is 1. The van der Waals surface area contributed by atoms with Crippen LogP contribution in [0.2, 0.25) is 0 Å².